The largest absolute Gasteiger partial charge is 0.375 e. The number of carbonyl (C=O) groups is 3. The Morgan fingerprint density at radius 2 is 1.55 bits per heavy atom. The standard InChI is InChI=1S/C25H19Cl2N3O3/c26-19-7-4-8-20(13-19)29-23(31)18-11-9-16(10-12-18)14-28-22-21(27)24(32)30(25(22)33)15-17-5-2-1-3-6-17/h1-13,28H,14-15H2,(H,29,31). The van der Waals surface area contributed by atoms with Gasteiger partial charge in [-0.25, -0.2) is 0 Å². The van der Waals surface area contributed by atoms with Crippen molar-refractivity contribution in [2.45, 2.75) is 13.1 Å². The molecule has 0 aromatic heterocycles. The van der Waals surface area contributed by atoms with Crippen molar-refractivity contribution < 1.29 is 14.4 Å². The summed E-state index contributed by atoms with van der Waals surface area (Å²) in [5.74, 6) is -1.26. The van der Waals surface area contributed by atoms with E-state index in [1.54, 1.807) is 48.5 Å². The molecule has 0 bridgehead atoms. The molecule has 33 heavy (non-hydrogen) atoms. The van der Waals surface area contributed by atoms with Crippen molar-refractivity contribution in [3.8, 4) is 0 Å². The molecule has 166 valence electrons. The van der Waals surface area contributed by atoms with Crippen LogP contribution >= 0.6 is 23.2 Å². The monoisotopic (exact) mass is 479 g/mol. The number of carbonyl (C=O) groups excluding carboxylic acids is 3. The van der Waals surface area contributed by atoms with Crippen LogP contribution in [0.5, 0.6) is 0 Å². The fraction of sp³-hybridized carbons (Fsp3) is 0.0800. The van der Waals surface area contributed by atoms with Gasteiger partial charge in [0, 0.05) is 22.8 Å². The molecule has 6 nitrogen and oxygen atoms in total. The van der Waals surface area contributed by atoms with Crippen molar-refractivity contribution in [1.82, 2.24) is 10.2 Å². The lowest BCUT2D eigenvalue weighted by atomic mass is 10.1. The summed E-state index contributed by atoms with van der Waals surface area (Å²) < 4.78 is 0. The molecule has 0 spiro atoms. The summed E-state index contributed by atoms with van der Waals surface area (Å²) in [7, 11) is 0. The Morgan fingerprint density at radius 3 is 2.24 bits per heavy atom. The van der Waals surface area contributed by atoms with Crippen molar-refractivity contribution in [3.05, 3.63) is 111 Å². The van der Waals surface area contributed by atoms with Gasteiger partial charge in [0.25, 0.3) is 17.7 Å². The Bertz CT molecular complexity index is 1240. The lowest BCUT2D eigenvalue weighted by Crippen LogP contribution is -2.33. The molecule has 1 aliphatic heterocycles. The van der Waals surface area contributed by atoms with Crippen LogP contribution in [0.4, 0.5) is 5.69 Å². The minimum Gasteiger partial charge on any atom is -0.375 e. The van der Waals surface area contributed by atoms with Gasteiger partial charge in [-0.1, -0.05) is 71.7 Å². The van der Waals surface area contributed by atoms with E-state index in [1.807, 2.05) is 30.3 Å². The highest BCUT2D eigenvalue weighted by Crippen LogP contribution is 2.24. The molecule has 2 N–H and O–H groups in total. The molecule has 3 aromatic rings. The average molecular weight is 480 g/mol. The van der Waals surface area contributed by atoms with Crippen LogP contribution in [-0.4, -0.2) is 22.6 Å². The van der Waals surface area contributed by atoms with E-state index >= 15 is 0 Å². The number of rotatable bonds is 7. The number of nitrogens with one attached hydrogen (secondary N) is 2. The van der Waals surface area contributed by atoms with Gasteiger partial charge in [0.1, 0.15) is 10.7 Å². The minimum atomic E-state index is -0.527. The van der Waals surface area contributed by atoms with Gasteiger partial charge in [-0.15, -0.1) is 0 Å². The Morgan fingerprint density at radius 1 is 0.818 bits per heavy atom. The van der Waals surface area contributed by atoms with Crippen LogP contribution in [0.25, 0.3) is 0 Å². The van der Waals surface area contributed by atoms with E-state index in [0.29, 0.717) is 16.3 Å². The molecule has 8 heteroatoms. The second kappa shape index (κ2) is 9.90. The second-order valence-electron chi connectivity index (χ2n) is 7.39. The third-order valence-corrected chi connectivity index (χ3v) is 5.65. The number of anilines is 1. The Balaban J connectivity index is 1.37. The smallest absolute Gasteiger partial charge is 0.278 e. The van der Waals surface area contributed by atoms with Crippen LogP contribution in [0.15, 0.2) is 89.6 Å². The van der Waals surface area contributed by atoms with E-state index in [9.17, 15) is 14.4 Å². The van der Waals surface area contributed by atoms with Crippen LogP contribution in [0.2, 0.25) is 5.02 Å². The molecule has 0 unspecified atom stereocenters. The molecule has 3 amide bonds. The zero-order valence-electron chi connectivity index (χ0n) is 17.3. The predicted octanol–water partition coefficient (Wildman–Crippen LogP) is 4.70. The van der Waals surface area contributed by atoms with Crippen LogP contribution in [0.1, 0.15) is 21.5 Å². The van der Waals surface area contributed by atoms with E-state index in [2.05, 4.69) is 10.6 Å². The normalized spacial score (nSPS) is 13.5. The van der Waals surface area contributed by atoms with Gasteiger partial charge in [-0.3, -0.25) is 19.3 Å². The highest BCUT2D eigenvalue weighted by Gasteiger charge is 2.37. The van der Waals surface area contributed by atoms with E-state index in [0.717, 1.165) is 16.0 Å². The van der Waals surface area contributed by atoms with Gasteiger partial charge in [0.05, 0.1) is 6.54 Å². The third kappa shape index (κ3) is 5.25. The molecular formula is C25H19Cl2N3O3. The third-order valence-electron chi connectivity index (χ3n) is 5.06. The summed E-state index contributed by atoms with van der Waals surface area (Å²) in [4.78, 5) is 38.7. The van der Waals surface area contributed by atoms with Gasteiger partial charge in [-0.05, 0) is 41.5 Å². The topological polar surface area (TPSA) is 78.5 Å². The van der Waals surface area contributed by atoms with Crippen LogP contribution in [0, 0.1) is 0 Å². The maximum Gasteiger partial charge on any atom is 0.278 e. The maximum absolute atomic E-state index is 12.7. The summed E-state index contributed by atoms with van der Waals surface area (Å²) in [6.45, 7) is 0.413. The van der Waals surface area contributed by atoms with E-state index < -0.39 is 11.8 Å². The van der Waals surface area contributed by atoms with Gasteiger partial charge in [0.15, 0.2) is 0 Å². The zero-order chi connectivity index (χ0) is 23.4. The number of nitrogens with zero attached hydrogens (tertiary/aromatic N) is 1. The Labute approximate surface area is 200 Å². The van der Waals surface area contributed by atoms with Gasteiger partial charge < -0.3 is 10.6 Å². The fourth-order valence-corrected chi connectivity index (χ4v) is 3.78. The molecule has 1 aliphatic rings. The molecule has 0 aliphatic carbocycles. The Kier molecular flexibility index (Phi) is 6.77. The highest BCUT2D eigenvalue weighted by molar-refractivity contribution is 6.47. The molecule has 0 saturated heterocycles. The molecule has 3 aromatic carbocycles. The van der Waals surface area contributed by atoms with Crippen molar-refractivity contribution in [2.75, 3.05) is 5.32 Å². The van der Waals surface area contributed by atoms with Gasteiger partial charge in [-0.2, -0.15) is 0 Å². The average Bonchev–Trinajstić information content (AvgIpc) is 3.01. The Hall–Kier alpha value is -3.61. The predicted molar refractivity (Wildman–Crippen MR) is 128 cm³/mol. The number of benzene rings is 3. The number of imide groups is 1. The first-order chi connectivity index (χ1) is 15.9. The van der Waals surface area contributed by atoms with Gasteiger partial charge in [0.2, 0.25) is 0 Å². The van der Waals surface area contributed by atoms with Crippen molar-refractivity contribution in [3.63, 3.8) is 0 Å². The van der Waals surface area contributed by atoms with E-state index in [-0.39, 0.29) is 29.7 Å². The summed E-state index contributed by atoms with van der Waals surface area (Å²) in [6.07, 6.45) is 0. The lowest BCUT2D eigenvalue weighted by Gasteiger charge is -2.15. The summed E-state index contributed by atoms with van der Waals surface area (Å²) in [6, 6.07) is 23.0. The lowest BCUT2D eigenvalue weighted by molar-refractivity contribution is -0.138. The van der Waals surface area contributed by atoms with Crippen molar-refractivity contribution >= 4 is 46.6 Å². The molecule has 4 rings (SSSR count). The molecule has 0 fully saturated rings. The number of hydrogen-bond donors (Lipinski definition) is 2. The SMILES string of the molecule is O=C(Nc1cccc(Cl)c1)c1ccc(CNC2=C(Cl)C(=O)N(Cc3ccccc3)C2=O)cc1. The number of hydrogen-bond acceptors (Lipinski definition) is 4. The molecular weight excluding hydrogens is 461 g/mol. The molecule has 1 heterocycles. The molecule has 0 saturated carbocycles. The number of halogens is 2. The summed E-state index contributed by atoms with van der Waals surface area (Å²) in [5.41, 5.74) is 2.78. The highest BCUT2D eigenvalue weighted by atomic mass is 35.5. The van der Waals surface area contributed by atoms with E-state index in [4.69, 9.17) is 23.2 Å². The molecule has 0 atom stereocenters. The second-order valence-corrected chi connectivity index (χ2v) is 8.20. The van der Waals surface area contributed by atoms with Crippen LogP contribution < -0.4 is 10.6 Å². The quantitative estimate of drug-likeness (QED) is 0.481. The first kappa shape index (κ1) is 22.6. The van der Waals surface area contributed by atoms with Crippen LogP contribution in [0.3, 0.4) is 0 Å². The first-order valence-corrected chi connectivity index (χ1v) is 10.9. The zero-order valence-corrected chi connectivity index (χ0v) is 18.9. The van der Waals surface area contributed by atoms with Gasteiger partial charge >= 0.3 is 0 Å². The van der Waals surface area contributed by atoms with Crippen LogP contribution in [-0.2, 0) is 22.7 Å². The van der Waals surface area contributed by atoms with Crippen molar-refractivity contribution in [1.29, 1.82) is 0 Å². The number of amides is 3. The van der Waals surface area contributed by atoms with Crippen molar-refractivity contribution in [2.24, 2.45) is 0 Å². The maximum atomic E-state index is 12.7. The molecule has 0 radical (unpaired) electrons. The summed E-state index contributed by atoms with van der Waals surface area (Å²) >= 11 is 12.1. The fourth-order valence-electron chi connectivity index (χ4n) is 3.34. The first-order valence-electron chi connectivity index (χ1n) is 10.1. The van der Waals surface area contributed by atoms with E-state index in [1.165, 1.54) is 0 Å². The summed E-state index contributed by atoms with van der Waals surface area (Å²) in [5, 5.41) is 6.14. The minimum absolute atomic E-state index is 0.0698.